The topological polar surface area (TPSA) is 65.7 Å². The van der Waals surface area contributed by atoms with E-state index in [1.54, 1.807) is 24.3 Å². The van der Waals surface area contributed by atoms with Crippen molar-refractivity contribution in [2.24, 2.45) is 0 Å². The lowest BCUT2D eigenvalue weighted by Crippen LogP contribution is -2.49. The molecule has 2 aromatic rings. The molecule has 1 aliphatic rings. The molecular formula is C22H29F2N5O2. The number of hydrogen-bond donors (Lipinski definition) is 0. The summed E-state index contributed by atoms with van der Waals surface area (Å²) in [5.41, 5.74) is 0.935. The Morgan fingerprint density at radius 3 is 2.68 bits per heavy atom. The minimum Gasteiger partial charge on any atom is -0.336 e. The first-order valence-corrected chi connectivity index (χ1v) is 10.4. The van der Waals surface area contributed by atoms with Gasteiger partial charge in [0.25, 0.3) is 5.91 Å². The molecule has 7 nitrogen and oxygen atoms in total. The van der Waals surface area contributed by atoms with E-state index in [2.05, 4.69) is 34.0 Å². The molecule has 0 atom stereocenters. The molecule has 1 aliphatic heterocycles. The first kappa shape index (κ1) is 23.0. The third-order valence-corrected chi connectivity index (χ3v) is 5.19. The van der Waals surface area contributed by atoms with Crippen LogP contribution in [0.5, 0.6) is 0 Å². The minimum absolute atomic E-state index is 0.0274. The van der Waals surface area contributed by atoms with Gasteiger partial charge in [-0.3, -0.25) is 9.69 Å². The molecule has 0 unspecified atom stereocenters. The summed E-state index contributed by atoms with van der Waals surface area (Å²) in [4.78, 5) is 23.1. The summed E-state index contributed by atoms with van der Waals surface area (Å²) in [6.45, 7) is 6.56. The molecule has 0 saturated carbocycles. The van der Waals surface area contributed by atoms with Crippen LogP contribution in [0.15, 0.2) is 40.9 Å². The van der Waals surface area contributed by atoms with E-state index in [0.29, 0.717) is 30.3 Å². The van der Waals surface area contributed by atoms with Gasteiger partial charge in [-0.15, -0.1) is 0 Å². The summed E-state index contributed by atoms with van der Waals surface area (Å²) >= 11 is 0. The van der Waals surface area contributed by atoms with Crippen LogP contribution in [0.25, 0.3) is 11.4 Å². The standard InChI is InChI=1S/C22H29F2N5O2/c1-4-9-22(23,24)21-25-19(26-31-21)17-7-5-8-18(16-17)20(30)29-14-12-28(13-15-29)11-6-10-27(2)3/h4-5,7-9,16H,6,10-15H2,1-3H3. The van der Waals surface area contributed by atoms with Gasteiger partial charge in [0.15, 0.2) is 0 Å². The van der Waals surface area contributed by atoms with Crippen LogP contribution in [0.4, 0.5) is 8.78 Å². The number of carbonyl (C=O) groups is 1. The highest BCUT2D eigenvalue weighted by Gasteiger charge is 2.35. The molecule has 1 amide bonds. The van der Waals surface area contributed by atoms with Gasteiger partial charge in [-0.05, 0) is 58.7 Å². The maximum atomic E-state index is 13.9. The number of aromatic nitrogens is 2. The van der Waals surface area contributed by atoms with Crippen molar-refractivity contribution in [3.05, 3.63) is 47.9 Å². The van der Waals surface area contributed by atoms with Crippen molar-refractivity contribution >= 4 is 5.91 Å². The third-order valence-electron chi connectivity index (χ3n) is 5.19. The van der Waals surface area contributed by atoms with Crippen LogP contribution < -0.4 is 0 Å². The van der Waals surface area contributed by atoms with Gasteiger partial charge < -0.3 is 14.3 Å². The molecule has 0 N–H and O–H groups in total. The molecule has 9 heteroatoms. The van der Waals surface area contributed by atoms with Gasteiger partial charge >= 0.3 is 11.8 Å². The zero-order chi connectivity index (χ0) is 22.4. The summed E-state index contributed by atoms with van der Waals surface area (Å²) in [7, 11) is 4.13. The average Bonchev–Trinajstić information content (AvgIpc) is 3.25. The second-order valence-electron chi connectivity index (χ2n) is 7.92. The fourth-order valence-corrected chi connectivity index (χ4v) is 3.52. The number of rotatable bonds is 8. The fraction of sp³-hybridized carbons (Fsp3) is 0.500. The largest absolute Gasteiger partial charge is 0.343 e. The predicted octanol–water partition coefficient (Wildman–Crippen LogP) is 3.11. The highest BCUT2D eigenvalue weighted by Crippen LogP contribution is 2.30. The second-order valence-corrected chi connectivity index (χ2v) is 7.92. The quantitative estimate of drug-likeness (QED) is 0.596. The Kier molecular flexibility index (Phi) is 7.50. The Bertz CT molecular complexity index is 905. The number of piperazine rings is 1. The number of nitrogens with zero attached hydrogens (tertiary/aromatic N) is 5. The van der Waals surface area contributed by atoms with Gasteiger partial charge in [0.1, 0.15) is 0 Å². The molecule has 1 fully saturated rings. The molecule has 2 heterocycles. The number of hydrogen-bond acceptors (Lipinski definition) is 6. The number of allylic oxidation sites excluding steroid dienone is 2. The first-order valence-electron chi connectivity index (χ1n) is 10.4. The van der Waals surface area contributed by atoms with Crippen molar-refractivity contribution < 1.29 is 18.1 Å². The van der Waals surface area contributed by atoms with Crippen molar-refractivity contribution in [1.82, 2.24) is 24.8 Å². The van der Waals surface area contributed by atoms with Crippen LogP contribution in [0.1, 0.15) is 29.6 Å². The Labute approximate surface area is 181 Å². The molecule has 31 heavy (non-hydrogen) atoms. The van der Waals surface area contributed by atoms with Crippen LogP contribution in [0.3, 0.4) is 0 Å². The van der Waals surface area contributed by atoms with Gasteiger partial charge in [0.2, 0.25) is 5.82 Å². The van der Waals surface area contributed by atoms with Crippen LogP contribution in [-0.2, 0) is 5.92 Å². The summed E-state index contributed by atoms with van der Waals surface area (Å²) < 4.78 is 32.6. The number of benzene rings is 1. The van der Waals surface area contributed by atoms with E-state index in [-0.39, 0.29) is 11.7 Å². The molecule has 0 aliphatic carbocycles. The van der Waals surface area contributed by atoms with Crippen molar-refractivity contribution in [2.45, 2.75) is 19.3 Å². The minimum atomic E-state index is -3.33. The van der Waals surface area contributed by atoms with Gasteiger partial charge in [0.05, 0.1) is 0 Å². The summed E-state index contributed by atoms with van der Waals surface area (Å²) in [5.74, 6) is -4.17. The van der Waals surface area contributed by atoms with Crippen LogP contribution >= 0.6 is 0 Å². The molecule has 0 bridgehead atoms. The molecule has 0 spiro atoms. The number of amides is 1. The van der Waals surface area contributed by atoms with Crippen molar-refractivity contribution in [3.63, 3.8) is 0 Å². The lowest BCUT2D eigenvalue weighted by atomic mass is 10.1. The Morgan fingerprint density at radius 1 is 1.26 bits per heavy atom. The smallest absolute Gasteiger partial charge is 0.336 e. The molecule has 1 saturated heterocycles. The molecule has 1 aromatic carbocycles. The Hall–Kier alpha value is -2.65. The first-order chi connectivity index (χ1) is 14.8. The van der Waals surface area contributed by atoms with E-state index >= 15 is 0 Å². The van der Waals surface area contributed by atoms with Crippen LogP contribution in [0, 0.1) is 0 Å². The van der Waals surface area contributed by atoms with E-state index in [9.17, 15) is 13.6 Å². The van der Waals surface area contributed by atoms with Gasteiger partial charge in [-0.2, -0.15) is 13.8 Å². The average molecular weight is 434 g/mol. The van der Waals surface area contributed by atoms with Crippen LogP contribution in [-0.4, -0.2) is 84.1 Å². The molecule has 3 rings (SSSR count). The Balaban J connectivity index is 1.63. The van der Waals surface area contributed by atoms with Crippen LogP contribution in [0.2, 0.25) is 0 Å². The predicted molar refractivity (Wildman–Crippen MR) is 114 cm³/mol. The maximum absolute atomic E-state index is 13.9. The van der Waals surface area contributed by atoms with E-state index in [1.807, 2.05) is 4.90 Å². The summed E-state index contributed by atoms with van der Waals surface area (Å²) in [5, 5.41) is 3.66. The summed E-state index contributed by atoms with van der Waals surface area (Å²) in [6, 6.07) is 6.70. The number of carbonyl (C=O) groups excluding carboxylic acids is 1. The molecule has 168 valence electrons. The fourth-order valence-electron chi connectivity index (χ4n) is 3.52. The Morgan fingerprint density at radius 2 is 2.00 bits per heavy atom. The zero-order valence-corrected chi connectivity index (χ0v) is 18.2. The molecule has 1 aromatic heterocycles. The van der Waals surface area contributed by atoms with E-state index in [0.717, 1.165) is 32.6 Å². The van der Waals surface area contributed by atoms with E-state index < -0.39 is 11.8 Å². The van der Waals surface area contributed by atoms with Crippen molar-refractivity contribution in [2.75, 3.05) is 53.4 Å². The molecular weight excluding hydrogens is 404 g/mol. The lowest BCUT2D eigenvalue weighted by molar-refractivity contribution is 0.0158. The van der Waals surface area contributed by atoms with Crippen molar-refractivity contribution in [3.8, 4) is 11.4 Å². The second kappa shape index (κ2) is 10.1. The maximum Gasteiger partial charge on any atom is 0.343 e. The SMILES string of the molecule is CC=CC(F)(F)c1nc(-c2cccc(C(=O)N3CCN(CCCN(C)C)CC3)c2)no1. The molecule has 0 radical (unpaired) electrons. The summed E-state index contributed by atoms with van der Waals surface area (Å²) in [6.07, 6.45) is 3.03. The highest BCUT2D eigenvalue weighted by molar-refractivity contribution is 5.95. The number of halogens is 2. The third kappa shape index (κ3) is 5.95. The lowest BCUT2D eigenvalue weighted by Gasteiger charge is -2.35. The van der Waals surface area contributed by atoms with Crippen molar-refractivity contribution in [1.29, 1.82) is 0 Å². The highest BCUT2D eigenvalue weighted by atomic mass is 19.3. The van der Waals surface area contributed by atoms with Gasteiger partial charge in [0, 0.05) is 37.3 Å². The van der Waals surface area contributed by atoms with E-state index in [1.165, 1.54) is 13.0 Å². The normalized spacial score (nSPS) is 15.9. The zero-order valence-electron chi connectivity index (χ0n) is 18.2. The van der Waals surface area contributed by atoms with Gasteiger partial charge in [-0.25, -0.2) is 0 Å². The van der Waals surface area contributed by atoms with Gasteiger partial charge in [-0.1, -0.05) is 23.4 Å². The van der Waals surface area contributed by atoms with E-state index in [4.69, 9.17) is 4.52 Å². The number of alkyl halides is 2. The monoisotopic (exact) mass is 433 g/mol.